The van der Waals surface area contributed by atoms with Crippen LogP contribution >= 0.6 is 11.3 Å². The van der Waals surface area contributed by atoms with Crippen LogP contribution in [-0.4, -0.2) is 49.3 Å². The number of morpholine rings is 1. The number of nitrogens with zero attached hydrogens (tertiary/aromatic N) is 1. The van der Waals surface area contributed by atoms with Crippen LogP contribution in [0.5, 0.6) is 0 Å². The molecule has 0 spiro atoms. The number of hydrogen-bond donors (Lipinski definition) is 1. The fraction of sp³-hybridized carbons (Fsp3) is 0.765. The van der Waals surface area contributed by atoms with Crippen molar-refractivity contribution in [2.75, 3.05) is 32.8 Å². The molecule has 1 atom stereocenters. The van der Waals surface area contributed by atoms with Gasteiger partial charge in [-0.3, -0.25) is 4.90 Å². The van der Waals surface area contributed by atoms with Gasteiger partial charge in [-0.1, -0.05) is 6.92 Å². The number of ether oxygens (including phenoxy) is 1. The summed E-state index contributed by atoms with van der Waals surface area (Å²) >= 11 is 1.80. The largest absolute Gasteiger partial charge is 0.379 e. The van der Waals surface area contributed by atoms with E-state index in [0.717, 1.165) is 32.8 Å². The minimum absolute atomic E-state index is 0.176. The highest BCUT2D eigenvalue weighted by molar-refractivity contribution is 7.07. The summed E-state index contributed by atoms with van der Waals surface area (Å²) in [6, 6.07) is 2.78. The van der Waals surface area contributed by atoms with Crippen molar-refractivity contribution >= 4 is 11.3 Å². The third-order valence-electron chi connectivity index (χ3n) is 4.62. The Hall–Kier alpha value is -0.420. The molecule has 0 aliphatic carbocycles. The van der Waals surface area contributed by atoms with Crippen LogP contribution in [-0.2, 0) is 11.2 Å². The topological polar surface area (TPSA) is 24.5 Å². The van der Waals surface area contributed by atoms with E-state index in [1.807, 2.05) is 0 Å². The van der Waals surface area contributed by atoms with Gasteiger partial charge in [0.25, 0.3) is 0 Å². The first kappa shape index (κ1) is 16.9. The zero-order valence-electron chi connectivity index (χ0n) is 13.7. The van der Waals surface area contributed by atoms with Gasteiger partial charge >= 0.3 is 0 Å². The van der Waals surface area contributed by atoms with E-state index in [1.165, 1.54) is 24.8 Å². The molecule has 0 saturated carbocycles. The molecule has 1 aromatic rings. The molecule has 0 aromatic carbocycles. The fourth-order valence-electron chi connectivity index (χ4n) is 3.13. The molecule has 2 heterocycles. The van der Waals surface area contributed by atoms with E-state index >= 15 is 0 Å². The van der Waals surface area contributed by atoms with E-state index in [2.05, 4.69) is 47.8 Å². The summed E-state index contributed by atoms with van der Waals surface area (Å²) in [4.78, 5) is 2.59. The Bertz CT molecular complexity index is 386. The predicted octanol–water partition coefficient (Wildman–Crippen LogP) is 3.16. The van der Waals surface area contributed by atoms with Crippen LogP contribution in [0.4, 0.5) is 0 Å². The van der Waals surface area contributed by atoms with Crippen molar-refractivity contribution in [3.05, 3.63) is 22.4 Å². The first-order valence-corrected chi connectivity index (χ1v) is 9.16. The van der Waals surface area contributed by atoms with E-state index in [1.54, 1.807) is 11.3 Å². The zero-order chi connectivity index (χ0) is 15.1. The molecule has 1 aliphatic heterocycles. The Balaban J connectivity index is 1.98. The number of aryl methyl sites for hydroxylation is 1. The number of thiophene rings is 1. The number of nitrogens with one attached hydrogen (secondary N) is 1. The van der Waals surface area contributed by atoms with Gasteiger partial charge in [-0.05, 0) is 62.0 Å². The second-order valence-corrected chi connectivity index (χ2v) is 7.21. The van der Waals surface area contributed by atoms with Crippen molar-refractivity contribution in [3.8, 4) is 0 Å². The van der Waals surface area contributed by atoms with Gasteiger partial charge in [-0.15, -0.1) is 0 Å². The lowest BCUT2D eigenvalue weighted by molar-refractivity contribution is -0.0242. The zero-order valence-corrected chi connectivity index (χ0v) is 14.5. The first-order valence-electron chi connectivity index (χ1n) is 8.22. The van der Waals surface area contributed by atoms with Crippen LogP contribution in [0.1, 0.15) is 39.2 Å². The van der Waals surface area contributed by atoms with Gasteiger partial charge in [-0.2, -0.15) is 11.3 Å². The maximum absolute atomic E-state index is 5.51. The van der Waals surface area contributed by atoms with Crippen molar-refractivity contribution in [2.24, 2.45) is 0 Å². The lowest BCUT2D eigenvalue weighted by atomic mass is 9.87. The minimum atomic E-state index is 0.176. The van der Waals surface area contributed by atoms with E-state index in [9.17, 15) is 0 Å². The van der Waals surface area contributed by atoms with Crippen molar-refractivity contribution in [1.82, 2.24) is 10.2 Å². The predicted molar refractivity (Wildman–Crippen MR) is 91.2 cm³/mol. The SMILES string of the molecule is CCCNC(CCc1ccsc1)C(C)(C)N1CCOCC1. The fourth-order valence-corrected chi connectivity index (χ4v) is 3.83. The normalized spacial score (nSPS) is 18.8. The molecule has 1 N–H and O–H groups in total. The molecular weight excluding hydrogens is 280 g/mol. The molecule has 0 amide bonds. The van der Waals surface area contributed by atoms with Gasteiger partial charge in [0.05, 0.1) is 13.2 Å². The smallest absolute Gasteiger partial charge is 0.0594 e. The summed E-state index contributed by atoms with van der Waals surface area (Å²) in [7, 11) is 0. The summed E-state index contributed by atoms with van der Waals surface area (Å²) in [5.41, 5.74) is 1.65. The lowest BCUT2D eigenvalue weighted by Crippen LogP contribution is -2.60. The molecule has 2 rings (SSSR count). The second-order valence-electron chi connectivity index (χ2n) is 6.43. The number of hydrogen-bond acceptors (Lipinski definition) is 4. The van der Waals surface area contributed by atoms with Crippen LogP contribution in [0.3, 0.4) is 0 Å². The number of rotatable bonds is 8. The van der Waals surface area contributed by atoms with Gasteiger partial charge < -0.3 is 10.1 Å². The molecule has 1 fully saturated rings. The standard InChI is InChI=1S/C17H30N2OS/c1-4-8-18-16(6-5-15-7-13-21-14-15)17(2,3)19-9-11-20-12-10-19/h7,13-14,16,18H,4-6,8-12H2,1-3H3. The van der Waals surface area contributed by atoms with Crippen LogP contribution in [0.2, 0.25) is 0 Å². The molecule has 1 aliphatic rings. The summed E-state index contributed by atoms with van der Waals surface area (Å²) < 4.78 is 5.51. The van der Waals surface area contributed by atoms with Gasteiger partial charge in [0, 0.05) is 24.7 Å². The molecule has 0 radical (unpaired) electrons. The van der Waals surface area contributed by atoms with Gasteiger partial charge in [-0.25, -0.2) is 0 Å². The van der Waals surface area contributed by atoms with E-state index in [-0.39, 0.29) is 5.54 Å². The molecule has 21 heavy (non-hydrogen) atoms. The molecule has 3 nitrogen and oxygen atoms in total. The van der Waals surface area contributed by atoms with E-state index in [4.69, 9.17) is 4.74 Å². The average molecular weight is 311 g/mol. The average Bonchev–Trinajstić information content (AvgIpc) is 3.01. The summed E-state index contributed by atoms with van der Waals surface area (Å²) in [5.74, 6) is 0. The van der Waals surface area contributed by atoms with Crippen LogP contribution < -0.4 is 5.32 Å². The van der Waals surface area contributed by atoms with Crippen molar-refractivity contribution in [3.63, 3.8) is 0 Å². The Morgan fingerprint density at radius 2 is 2.14 bits per heavy atom. The Morgan fingerprint density at radius 3 is 2.76 bits per heavy atom. The maximum atomic E-state index is 5.51. The Labute approximate surface area is 133 Å². The third kappa shape index (κ3) is 4.78. The molecular formula is C17H30N2OS. The van der Waals surface area contributed by atoms with Gasteiger partial charge in [0.1, 0.15) is 0 Å². The van der Waals surface area contributed by atoms with Crippen molar-refractivity contribution < 1.29 is 4.74 Å². The van der Waals surface area contributed by atoms with Crippen molar-refractivity contribution in [1.29, 1.82) is 0 Å². The molecule has 4 heteroatoms. The molecule has 120 valence electrons. The Morgan fingerprint density at radius 1 is 1.38 bits per heavy atom. The summed E-state index contributed by atoms with van der Waals surface area (Å²) in [6.07, 6.45) is 3.55. The van der Waals surface area contributed by atoms with Crippen LogP contribution in [0.25, 0.3) is 0 Å². The molecule has 1 saturated heterocycles. The lowest BCUT2D eigenvalue weighted by Gasteiger charge is -2.46. The summed E-state index contributed by atoms with van der Waals surface area (Å²) in [5, 5.41) is 8.24. The van der Waals surface area contributed by atoms with Crippen LogP contribution in [0.15, 0.2) is 16.8 Å². The van der Waals surface area contributed by atoms with E-state index < -0.39 is 0 Å². The molecule has 1 aromatic heterocycles. The highest BCUT2D eigenvalue weighted by Gasteiger charge is 2.35. The summed E-state index contributed by atoms with van der Waals surface area (Å²) in [6.45, 7) is 12.0. The van der Waals surface area contributed by atoms with Gasteiger partial charge in [0.2, 0.25) is 0 Å². The van der Waals surface area contributed by atoms with E-state index in [0.29, 0.717) is 6.04 Å². The maximum Gasteiger partial charge on any atom is 0.0594 e. The van der Waals surface area contributed by atoms with Crippen LogP contribution in [0, 0.1) is 0 Å². The molecule has 0 bridgehead atoms. The molecule has 1 unspecified atom stereocenters. The van der Waals surface area contributed by atoms with Gasteiger partial charge in [0.15, 0.2) is 0 Å². The second kappa shape index (κ2) is 8.28. The first-order chi connectivity index (χ1) is 10.1. The van der Waals surface area contributed by atoms with Crippen molar-refractivity contribution in [2.45, 2.75) is 51.6 Å². The highest BCUT2D eigenvalue weighted by Crippen LogP contribution is 2.24. The quantitative estimate of drug-likeness (QED) is 0.798. The minimum Gasteiger partial charge on any atom is -0.379 e. The Kier molecular flexibility index (Phi) is 6.68. The highest BCUT2D eigenvalue weighted by atomic mass is 32.1. The third-order valence-corrected chi connectivity index (χ3v) is 5.35. The monoisotopic (exact) mass is 310 g/mol.